The van der Waals surface area contributed by atoms with Crippen LogP contribution in [0.1, 0.15) is 33.1 Å². The van der Waals surface area contributed by atoms with E-state index < -0.39 is 5.97 Å². The van der Waals surface area contributed by atoms with E-state index in [4.69, 9.17) is 9.52 Å². The Labute approximate surface area is 145 Å². The summed E-state index contributed by atoms with van der Waals surface area (Å²) in [6.45, 7) is 4.77. The van der Waals surface area contributed by atoms with E-state index >= 15 is 0 Å². The predicted molar refractivity (Wildman–Crippen MR) is 96.3 cm³/mol. The summed E-state index contributed by atoms with van der Waals surface area (Å²) in [6.07, 6.45) is 3.43. The Kier molecular flexibility index (Phi) is 4.70. The Hall–Kier alpha value is -3.28. The minimum Gasteiger partial charge on any atom is -0.478 e. The van der Waals surface area contributed by atoms with Gasteiger partial charge in [0.15, 0.2) is 0 Å². The summed E-state index contributed by atoms with van der Waals surface area (Å²) < 4.78 is 7.58. The zero-order chi connectivity index (χ0) is 17.8. The molecule has 2 N–H and O–H groups in total. The molecule has 0 radical (unpaired) electrons. The Balaban J connectivity index is 1.70. The molecule has 0 spiro atoms. The van der Waals surface area contributed by atoms with Gasteiger partial charge in [0.05, 0.1) is 30.3 Å². The zero-order valence-corrected chi connectivity index (χ0v) is 14.1. The molecule has 1 aromatic carbocycles. The van der Waals surface area contributed by atoms with Crippen LogP contribution in [0.4, 0.5) is 5.69 Å². The molecule has 0 aliphatic heterocycles. The summed E-state index contributed by atoms with van der Waals surface area (Å²) in [7, 11) is 0. The maximum absolute atomic E-state index is 10.8. The van der Waals surface area contributed by atoms with Gasteiger partial charge in [0.2, 0.25) is 0 Å². The Morgan fingerprint density at radius 2 is 2.04 bits per heavy atom. The van der Waals surface area contributed by atoms with E-state index in [0.29, 0.717) is 6.54 Å². The first-order valence-electron chi connectivity index (χ1n) is 7.86. The lowest BCUT2D eigenvalue weighted by Crippen LogP contribution is -2.03. The van der Waals surface area contributed by atoms with E-state index in [-0.39, 0.29) is 5.56 Å². The number of anilines is 1. The number of hydrazone groups is 1. The lowest BCUT2D eigenvalue weighted by molar-refractivity contribution is 0.0697. The average molecular weight is 337 g/mol. The van der Waals surface area contributed by atoms with Crippen molar-refractivity contribution in [3.63, 3.8) is 0 Å². The topological polar surface area (TPSA) is 79.8 Å². The molecular formula is C19H19N3O3. The third-order valence-corrected chi connectivity index (χ3v) is 4.04. The predicted octanol–water partition coefficient (Wildman–Crippen LogP) is 3.89. The SMILES string of the molecule is Cc1cc(/C=N\Nc2ccc(C(=O)O)cc2)c(C)n1Cc1ccco1. The Morgan fingerprint density at radius 3 is 2.68 bits per heavy atom. The Morgan fingerprint density at radius 1 is 1.28 bits per heavy atom. The van der Waals surface area contributed by atoms with Crippen LogP contribution < -0.4 is 5.43 Å². The van der Waals surface area contributed by atoms with E-state index in [1.807, 2.05) is 26.0 Å². The van der Waals surface area contributed by atoms with Crippen LogP contribution in [-0.4, -0.2) is 21.9 Å². The second-order valence-corrected chi connectivity index (χ2v) is 5.74. The molecule has 0 amide bonds. The molecule has 3 aromatic rings. The van der Waals surface area contributed by atoms with Crippen molar-refractivity contribution in [2.45, 2.75) is 20.4 Å². The molecule has 25 heavy (non-hydrogen) atoms. The second-order valence-electron chi connectivity index (χ2n) is 5.74. The number of hydrogen-bond donors (Lipinski definition) is 2. The molecule has 0 saturated carbocycles. The van der Waals surface area contributed by atoms with Crippen LogP contribution in [0.3, 0.4) is 0 Å². The van der Waals surface area contributed by atoms with Crippen LogP contribution in [0, 0.1) is 13.8 Å². The number of hydrogen-bond acceptors (Lipinski definition) is 4. The number of carbonyl (C=O) groups is 1. The van der Waals surface area contributed by atoms with Crippen LogP contribution in [-0.2, 0) is 6.54 Å². The van der Waals surface area contributed by atoms with E-state index in [0.717, 1.165) is 28.4 Å². The molecule has 0 unspecified atom stereocenters. The summed E-state index contributed by atoms with van der Waals surface area (Å²) in [5.41, 5.74) is 7.12. The molecule has 0 aliphatic rings. The normalized spacial score (nSPS) is 11.1. The highest BCUT2D eigenvalue weighted by atomic mass is 16.4. The number of nitrogens with zero attached hydrogens (tertiary/aromatic N) is 2. The number of aromatic carboxylic acids is 1. The van der Waals surface area contributed by atoms with E-state index in [9.17, 15) is 4.79 Å². The largest absolute Gasteiger partial charge is 0.478 e. The lowest BCUT2D eigenvalue weighted by atomic mass is 10.2. The number of rotatable bonds is 6. The van der Waals surface area contributed by atoms with Crippen molar-refractivity contribution in [1.82, 2.24) is 4.57 Å². The van der Waals surface area contributed by atoms with E-state index in [2.05, 4.69) is 21.2 Å². The van der Waals surface area contributed by atoms with Gasteiger partial charge in [-0.15, -0.1) is 0 Å². The summed E-state index contributed by atoms with van der Waals surface area (Å²) in [4.78, 5) is 10.8. The highest BCUT2D eigenvalue weighted by molar-refractivity contribution is 5.88. The van der Waals surface area contributed by atoms with Crippen LogP contribution in [0.15, 0.2) is 58.2 Å². The minimum absolute atomic E-state index is 0.246. The first-order chi connectivity index (χ1) is 12.0. The minimum atomic E-state index is -0.945. The van der Waals surface area contributed by atoms with Crippen LogP contribution in [0.2, 0.25) is 0 Å². The quantitative estimate of drug-likeness (QED) is 0.528. The molecule has 0 bridgehead atoms. The maximum Gasteiger partial charge on any atom is 0.335 e. The van der Waals surface area contributed by atoms with Crippen LogP contribution >= 0.6 is 0 Å². The Bertz CT molecular complexity index is 891. The van der Waals surface area contributed by atoms with Gasteiger partial charge in [-0.05, 0) is 56.3 Å². The van der Waals surface area contributed by atoms with Gasteiger partial charge < -0.3 is 14.1 Å². The molecule has 0 atom stereocenters. The second kappa shape index (κ2) is 7.09. The third-order valence-electron chi connectivity index (χ3n) is 4.04. The highest BCUT2D eigenvalue weighted by Crippen LogP contribution is 2.16. The highest BCUT2D eigenvalue weighted by Gasteiger charge is 2.09. The van der Waals surface area contributed by atoms with Crippen molar-refractivity contribution in [2.75, 3.05) is 5.43 Å². The molecule has 2 aromatic heterocycles. The number of carboxylic acids is 1. The van der Waals surface area contributed by atoms with Crippen molar-refractivity contribution < 1.29 is 14.3 Å². The third kappa shape index (κ3) is 3.80. The van der Waals surface area contributed by atoms with Crippen molar-refractivity contribution in [2.24, 2.45) is 5.10 Å². The number of aromatic nitrogens is 1. The number of nitrogens with one attached hydrogen (secondary N) is 1. The first-order valence-corrected chi connectivity index (χ1v) is 7.86. The standard InChI is InChI=1S/C19H19N3O3/c1-13-10-16(14(2)22(13)12-18-4-3-9-25-18)11-20-21-17-7-5-15(6-8-17)19(23)24/h3-11,21H,12H2,1-2H3,(H,23,24)/b20-11-. The molecule has 3 rings (SSSR count). The fraction of sp³-hybridized carbons (Fsp3) is 0.158. The maximum atomic E-state index is 10.8. The smallest absolute Gasteiger partial charge is 0.335 e. The average Bonchev–Trinajstić information content (AvgIpc) is 3.20. The lowest BCUT2D eigenvalue weighted by Gasteiger charge is -2.07. The number of furan rings is 1. The van der Waals surface area contributed by atoms with Crippen LogP contribution in [0.25, 0.3) is 0 Å². The van der Waals surface area contributed by atoms with Crippen LogP contribution in [0.5, 0.6) is 0 Å². The van der Waals surface area contributed by atoms with Gasteiger partial charge in [0.1, 0.15) is 5.76 Å². The van der Waals surface area contributed by atoms with Gasteiger partial charge in [-0.3, -0.25) is 5.43 Å². The van der Waals surface area contributed by atoms with Crippen molar-refractivity contribution in [3.05, 3.63) is 77.0 Å². The molecule has 0 saturated heterocycles. The number of carboxylic acid groups (broad SMARTS) is 1. The van der Waals surface area contributed by atoms with E-state index in [1.165, 1.54) is 12.1 Å². The summed E-state index contributed by atoms with van der Waals surface area (Å²) in [5, 5.41) is 13.1. The number of aryl methyl sites for hydroxylation is 1. The van der Waals surface area contributed by atoms with Gasteiger partial charge in [0.25, 0.3) is 0 Å². The summed E-state index contributed by atoms with van der Waals surface area (Å²) in [6, 6.07) is 12.3. The molecule has 0 fully saturated rings. The van der Waals surface area contributed by atoms with Gasteiger partial charge in [-0.2, -0.15) is 5.10 Å². The first kappa shape index (κ1) is 16.6. The molecule has 6 heteroatoms. The molecule has 6 nitrogen and oxygen atoms in total. The molecule has 2 heterocycles. The van der Waals surface area contributed by atoms with Gasteiger partial charge >= 0.3 is 5.97 Å². The summed E-state index contributed by atoms with van der Waals surface area (Å²) >= 11 is 0. The van der Waals surface area contributed by atoms with Crippen molar-refractivity contribution in [1.29, 1.82) is 0 Å². The summed E-state index contributed by atoms with van der Waals surface area (Å²) in [5.74, 6) is -0.0408. The fourth-order valence-electron chi connectivity index (χ4n) is 2.62. The van der Waals surface area contributed by atoms with Gasteiger partial charge in [-0.1, -0.05) is 0 Å². The molecule has 128 valence electrons. The fourth-order valence-corrected chi connectivity index (χ4v) is 2.62. The molecular weight excluding hydrogens is 318 g/mol. The molecule has 0 aliphatic carbocycles. The van der Waals surface area contributed by atoms with Crippen molar-refractivity contribution in [3.8, 4) is 0 Å². The van der Waals surface area contributed by atoms with E-state index in [1.54, 1.807) is 24.6 Å². The van der Waals surface area contributed by atoms with Crippen molar-refractivity contribution >= 4 is 17.9 Å². The number of benzene rings is 1. The monoisotopic (exact) mass is 337 g/mol. The van der Waals surface area contributed by atoms with Gasteiger partial charge in [-0.25, -0.2) is 4.79 Å². The zero-order valence-electron chi connectivity index (χ0n) is 14.1. The van der Waals surface area contributed by atoms with Gasteiger partial charge in [0, 0.05) is 17.0 Å².